The van der Waals surface area contributed by atoms with Gasteiger partial charge >= 0.3 is 12.0 Å². The van der Waals surface area contributed by atoms with Crippen LogP contribution in [0.4, 0.5) is 14.9 Å². The van der Waals surface area contributed by atoms with Gasteiger partial charge in [0.25, 0.3) is 0 Å². The van der Waals surface area contributed by atoms with E-state index in [9.17, 15) is 14.0 Å². The third kappa shape index (κ3) is 4.37. The van der Waals surface area contributed by atoms with Gasteiger partial charge < -0.3 is 19.8 Å². The summed E-state index contributed by atoms with van der Waals surface area (Å²) in [6.07, 6.45) is 2.77. The first-order valence-corrected chi connectivity index (χ1v) is 9.09. The number of aromatic nitrogens is 1. The molecular formula is C21H22FN3O4. The Labute approximate surface area is 167 Å². The Morgan fingerprint density at radius 1 is 1.21 bits per heavy atom. The number of aryl methyl sites for hydroxylation is 1. The molecule has 0 aliphatic carbocycles. The predicted octanol–water partition coefficient (Wildman–Crippen LogP) is 4.58. The van der Waals surface area contributed by atoms with Crippen LogP contribution in [-0.4, -0.2) is 24.1 Å². The van der Waals surface area contributed by atoms with Gasteiger partial charge in [-0.05, 0) is 37.1 Å². The number of hydrogen-bond acceptors (Lipinski definition) is 5. The molecule has 8 heteroatoms. The maximum Gasteiger partial charge on any atom is 0.339 e. The van der Waals surface area contributed by atoms with Crippen LogP contribution < -0.4 is 10.6 Å². The maximum absolute atomic E-state index is 13.6. The van der Waals surface area contributed by atoms with E-state index in [1.165, 1.54) is 37.7 Å². The van der Waals surface area contributed by atoms with Gasteiger partial charge in [0.2, 0.25) is 0 Å². The van der Waals surface area contributed by atoms with E-state index in [1.807, 2.05) is 20.8 Å². The zero-order valence-electron chi connectivity index (χ0n) is 16.6. The Bertz CT molecular complexity index is 1060. The van der Waals surface area contributed by atoms with Gasteiger partial charge in [0.15, 0.2) is 0 Å². The Hall–Kier alpha value is -3.42. The highest BCUT2D eigenvalue weighted by Crippen LogP contribution is 2.33. The predicted molar refractivity (Wildman–Crippen MR) is 106 cm³/mol. The SMILES string of the molecule is COC(=O)c1cncc(NC(=O)N[C@H](c2oc3ccc(F)cc3c2C)C(C)C)c1. The Morgan fingerprint density at radius 2 is 1.97 bits per heavy atom. The van der Waals surface area contributed by atoms with Crippen molar-refractivity contribution in [2.45, 2.75) is 26.8 Å². The number of fused-ring (bicyclic) bond motifs is 1. The molecule has 152 valence electrons. The van der Waals surface area contributed by atoms with E-state index >= 15 is 0 Å². The van der Waals surface area contributed by atoms with Crippen LogP contribution in [0, 0.1) is 18.7 Å². The molecule has 0 aliphatic rings. The second-order valence-electron chi connectivity index (χ2n) is 7.01. The molecular weight excluding hydrogens is 377 g/mol. The quantitative estimate of drug-likeness (QED) is 0.613. The van der Waals surface area contributed by atoms with Crippen molar-refractivity contribution >= 4 is 28.7 Å². The molecule has 0 aliphatic heterocycles. The van der Waals surface area contributed by atoms with E-state index in [1.54, 1.807) is 6.07 Å². The lowest BCUT2D eigenvalue weighted by Crippen LogP contribution is -2.35. The summed E-state index contributed by atoms with van der Waals surface area (Å²) in [6, 6.07) is 4.86. The molecule has 0 fully saturated rings. The number of furan rings is 1. The summed E-state index contributed by atoms with van der Waals surface area (Å²) in [6.45, 7) is 5.72. The van der Waals surface area contributed by atoms with Crippen LogP contribution in [0.3, 0.4) is 0 Å². The largest absolute Gasteiger partial charge is 0.465 e. The summed E-state index contributed by atoms with van der Waals surface area (Å²) in [5.74, 6) is -0.328. The Kier molecular flexibility index (Phi) is 5.81. The molecule has 3 rings (SSSR count). The first-order chi connectivity index (χ1) is 13.8. The van der Waals surface area contributed by atoms with Gasteiger partial charge in [-0.1, -0.05) is 13.8 Å². The molecule has 0 saturated heterocycles. The molecule has 2 N–H and O–H groups in total. The van der Waals surface area contributed by atoms with E-state index in [-0.39, 0.29) is 17.3 Å². The molecule has 0 spiro atoms. The number of urea groups is 1. The highest BCUT2D eigenvalue weighted by atomic mass is 19.1. The fraction of sp³-hybridized carbons (Fsp3) is 0.286. The van der Waals surface area contributed by atoms with Gasteiger partial charge in [-0.3, -0.25) is 4.98 Å². The average molecular weight is 399 g/mol. The number of nitrogens with one attached hydrogen (secondary N) is 2. The number of benzene rings is 1. The molecule has 2 amide bonds. The number of esters is 1. The molecule has 0 radical (unpaired) electrons. The van der Waals surface area contributed by atoms with Crippen LogP contribution in [-0.2, 0) is 4.74 Å². The Morgan fingerprint density at radius 3 is 2.66 bits per heavy atom. The van der Waals surface area contributed by atoms with Gasteiger partial charge in [-0.15, -0.1) is 0 Å². The lowest BCUT2D eigenvalue weighted by Gasteiger charge is -2.21. The third-order valence-corrected chi connectivity index (χ3v) is 4.59. The van der Waals surface area contributed by atoms with Crippen molar-refractivity contribution in [2.75, 3.05) is 12.4 Å². The Balaban J connectivity index is 1.82. The van der Waals surface area contributed by atoms with Crippen LogP contribution in [0.15, 0.2) is 41.1 Å². The molecule has 0 unspecified atom stereocenters. The minimum absolute atomic E-state index is 0.00406. The van der Waals surface area contributed by atoms with Crippen LogP contribution in [0.1, 0.15) is 41.6 Å². The maximum atomic E-state index is 13.6. The van der Waals surface area contributed by atoms with E-state index in [4.69, 9.17) is 4.42 Å². The second kappa shape index (κ2) is 8.30. The number of nitrogens with zero attached hydrogens (tertiary/aromatic N) is 1. The smallest absolute Gasteiger partial charge is 0.339 e. The zero-order chi connectivity index (χ0) is 21.1. The van der Waals surface area contributed by atoms with Gasteiger partial charge in [-0.25, -0.2) is 14.0 Å². The fourth-order valence-electron chi connectivity index (χ4n) is 3.09. The number of anilines is 1. The molecule has 29 heavy (non-hydrogen) atoms. The summed E-state index contributed by atoms with van der Waals surface area (Å²) >= 11 is 0. The first kappa shape index (κ1) is 20.3. The number of ether oxygens (including phenoxy) is 1. The monoisotopic (exact) mass is 399 g/mol. The molecule has 3 aromatic rings. The fourth-order valence-corrected chi connectivity index (χ4v) is 3.09. The second-order valence-corrected chi connectivity index (χ2v) is 7.01. The van der Waals surface area contributed by atoms with E-state index in [0.29, 0.717) is 22.4 Å². The molecule has 2 heterocycles. The summed E-state index contributed by atoms with van der Waals surface area (Å²) in [5, 5.41) is 6.20. The van der Waals surface area contributed by atoms with Gasteiger partial charge in [-0.2, -0.15) is 0 Å². The lowest BCUT2D eigenvalue weighted by molar-refractivity contribution is 0.0600. The van der Waals surface area contributed by atoms with E-state index in [0.717, 1.165) is 5.56 Å². The van der Waals surface area contributed by atoms with Crippen molar-refractivity contribution in [2.24, 2.45) is 5.92 Å². The number of methoxy groups -OCH3 is 1. The minimum atomic E-state index is -0.549. The first-order valence-electron chi connectivity index (χ1n) is 9.09. The summed E-state index contributed by atoms with van der Waals surface area (Å²) in [5.41, 5.74) is 1.90. The molecule has 1 atom stereocenters. The highest BCUT2D eigenvalue weighted by molar-refractivity contribution is 5.93. The number of carbonyl (C=O) groups excluding carboxylic acids is 2. The zero-order valence-corrected chi connectivity index (χ0v) is 16.6. The van der Waals surface area contributed by atoms with E-state index < -0.39 is 18.0 Å². The minimum Gasteiger partial charge on any atom is -0.465 e. The van der Waals surface area contributed by atoms with Crippen molar-refractivity contribution in [1.82, 2.24) is 10.3 Å². The summed E-state index contributed by atoms with van der Waals surface area (Å²) < 4.78 is 24.2. The van der Waals surface area contributed by atoms with Crippen molar-refractivity contribution in [1.29, 1.82) is 0 Å². The van der Waals surface area contributed by atoms with Crippen molar-refractivity contribution in [3.8, 4) is 0 Å². The number of amides is 2. The number of rotatable bonds is 5. The number of hydrogen-bond donors (Lipinski definition) is 2. The molecule has 7 nitrogen and oxygen atoms in total. The van der Waals surface area contributed by atoms with Gasteiger partial charge in [0.1, 0.15) is 17.2 Å². The standard InChI is InChI=1S/C21H22FN3O4/c1-11(2)18(19-12(3)16-8-14(22)5-6-17(16)29-19)25-21(27)24-15-7-13(9-23-10-15)20(26)28-4/h5-11,18H,1-4H3,(H2,24,25,27)/t18-/m0/s1. The van der Waals surface area contributed by atoms with Crippen LogP contribution >= 0.6 is 0 Å². The average Bonchev–Trinajstić information content (AvgIpc) is 3.01. The molecule has 1 aromatic carbocycles. The topological polar surface area (TPSA) is 93.5 Å². The lowest BCUT2D eigenvalue weighted by atomic mass is 9.98. The normalized spacial score (nSPS) is 12.1. The van der Waals surface area contributed by atoms with Crippen LogP contribution in [0.2, 0.25) is 0 Å². The summed E-state index contributed by atoms with van der Waals surface area (Å²) in [7, 11) is 1.27. The summed E-state index contributed by atoms with van der Waals surface area (Å²) in [4.78, 5) is 28.1. The van der Waals surface area contributed by atoms with Crippen LogP contribution in [0.25, 0.3) is 11.0 Å². The van der Waals surface area contributed by atoms with Crippen LogP contribution in [0.5, 0.6) is 0 Å². The van der Waals surface area contributed by atoms with Crippen molar-refractivity contribution < 1.29 is 23.1 Å². The van der Waals surface area contributed by atoms with Crippen molar-refractivity contribution in [3.63, 3.8) is 0 Å². The highest BCUT2D eigenvalue weighted by Gasteiger charge is 2.25. The molecule has 2 aromatic heterocycles. The van der Waals surface area contributed by atoms with Gasteiger partial charge in [0.05, 0.1) is 30.6 Å². The van der Waals surface area contributed by atoms with Crippen molar-refractivity contribution in [3.05, 3.63) is 59.4 Å². The molecule has 0 saturated carbocycles. The van der Waals surface area contributed by atoms with Gasteiger partial charge in [0, 0.05) is 17.1 Å². The molecule has 0 bridgehead atoms. The number of halogens is 1. The third-order valence-electron chi connectivity index (χ3n) is 4.59. The number of pyridine rings is 1. The van der Waals surface area contributed by atoms with E-state index in [2.05, 4.69) is 20.4 Å². The number of carbonyl (C=O) groups is 2.